The number of thiophene rings is 1. The van der Waals surface area contributed by atoms with Crippen molar-refractivity contribution in [3.63, 3.8) is 0 Å². The zero-order chi connectivity index (χ0) is 41.5. The van der Waals surface area contributed by atoms with Gasteiger partial charge in [-0.05, 0) is 73.2 Å². The standard InChI is InChI=1S/C39H28N10O6S3/c1-24-31(22-41)36(43-27-13-17-29(18-14-27)57(50,51)54-2)45-37(44-28-15-19-30(20-16-28)58(52,53)55-3)35(24)47-48-38-32(23-42)34(25-9-5-4-6-10-25)39(56-38)49-46-33-12-8-7-11-26(33)21-40/h4-20H,1-3H3,(H2,43,44,45). The van der Waals surface area contributed by atoms with Crippen molar-refractivity contribution in [1.82, 2.24) is 4.98 Å². The number of nitrogens with zero attached hydrogens (tertiary/aromatic N) is 8. The molecule has 2 heterocycles. The Labute approximate surface area is 337 Å². The van der Waals surface area contributed by atoms with E-state index in [2.05, 4.69) is 62.6 Å². The highest BCUT2D eigenvalue weighted by atomic mass is 32.2. The first-order chi connectivity index (χ1) is 27.9. The molecule has 0 unspecified atom stereocenters. The van der Waals surface area contributed by atoms with E-state index in [1.807, 2.05) is 6.07 Å². The van der Waals surface area contributed by atoms with Gasteiger partial charge in [-0.15, -0.1) is 20.5 Å². The zero-order valence-electron chi connectivity index (χ0n) is 30.6. The molecule has 0 saturated heterocycles. The molecule has 58 heavy (non-hydrogen) atoms. The first-order valence-corrected chi connectivity index (χ1v) is 20.3. The number of hydrogen-bond donors (Lipinski definition) is 2. The predicted molar refractivity (Wildman–Crippen MR) is 216 cm³/mol. The van der Waals surface area contributed by atoms with E-state index in [9.17, 15) is 32.6 Å². The van der Waals surface area contributed by atoms with E-state index in [-0.39, 0.29) is 43.2 Å². The van der Waals surface area contributed by atoms with E-state index < -0.39 is 20.2 Å². The fraction of sp³-hybridized carbons (Fsp3) is 0.0769. The van der Waals surface area contributed by atoms with Gasteiger partial charge in [0, 0.05) is 22.5 Å². The normalized spacial score (nSPS) is 11.6. The highest BCUT2D eigenvalue weighted by molar-refractivity contribution is 7.87. The summed E-state index contributed by atoms with van der Waals surface area (Å²) < 4.78 is 58.1. The van der Waals surface area contributed by atoms with Gasteiger partial charge < -0.3 is 10.6 Å². The Balaban J connectivity index is 1.48. The third kappa shape index (κ3) is 8.62. The third-order valence-electron chi connectivity index (χ3n) is 8.34. The summed E-state index contributed by atoms with van der Waals surface area (Å²) in [5.74, 6) is 0.151. The predicted octanol–water partition coefficient (Wildman–Crippen LogP) is 9.72. The summed E-state index contributed by atoms with van der Waals surface area (Å²) in [5, 5.41) is 54.8. The molecule has 16 nitrogen and oxygen atoms in total. The molecule has 2 aromatic heterocycles. The first kappa shape index (κ1) is 40.5. The van der Waals surface area contributed by atoms with Crippen LogP contribution >= 0.6 is 11.3 Å². The van der Waals surface area contributed by atoms with Crippen molar-refractivity contribution < 1.29 is 25.2 Å². The highest BCUT2D eigenvalue weighted by Crippen LogP contribution is 2.48. The molecule has 0 aliphatic rings. The molecule has 0 bridgehead atoms. The molecule has 0 fully saturated rings. The van der Waals surface area contributed by atoms with E-state index in [0.717, 1.165) is 25.6 Å². The SMILES string of the molecule is COS(=O)(=O)c1ccc(Nc2nc(Nc3ccc(S(=O)(=O)OC)cc3)c(N=Nc3sc(N=Nc4ccccc4C#N)c(-c4ccccc4)c3C#N)c(C)c2C#N)cc1. The summed E-state index contributed by atoms with van der Waals surface area (Å²) >= 11 is 1.03. The second-order valence-corrected chi connectivity index (χ2v) is 16.2. The van der Waals surface area contributed by atoms with E-state index in [1.165, 1.54) is 48.5 Å². The molecule has 6 rings (SSSR count). The molecule has 0 amide bonds. The van der Waals surface area contributed by atoms with Crippen molar-refractivity contribution in [2.45, 2.75) is 16.7 Å². The van der Waals surface area contributed by atoms with Crippen LogP contribution < -0.4 is 10.6 Å². The van der Waals surface area contributed by atoms with Crippen LogP contribution in [0.1, 0.15) is 22.3 Å². The quantitative estimate of drug-likeness (QED) is 0.0816. The third-order valence-corrected chi connectivity index (χ3v) is 11.9. The Morgan fingerprint density at radius 2 is 1.16 bits per heavy atom. The number of rotatable bonds is 13. The van der Waals surface area contributed by atoms with Gasteiger partial charge in [0.15, 0.2) is 16.6 Å². The van der Waals surface area contributed by atoms with Crippen LogP contribution in [0.3, 0.4) is 0 Å². The number of pyridine rings is 1. The minimum Gasteiger partial charge on any atom is -0.339 e. The minimum atomic E-state index is -3.98. The molecule has 19 heteroatoms. The Bertz CT molecular complexity index is 2930. The maximum absolute atomic E-state index is 12.3. The van der Waals surface area contributed by atoms with Crippen LogP contribution in [0.15, 0.2) is 133 Å². The van der Waals surface area contributed by atoms with E-state index in [0.29, 0.717) is 44.3 Å². The number of nitriles is 3. The fourth-order valence-corrected chi connectivity index (χ4v) is 7.62. The van der Waals surface area contributed by atoms with Gasteiger partial charge in [0.1, 0.15) is 40.1 Å². The minimum absolute atomic E-state index is 0.0666. The van der Waals surface area contributed by atoms with Crippen LogP contribution in [0.5, 0.6) is 0 Å². The second kappa shape index (κ2) is 17.3. The van der Waals surface area contributed by atoms with Crippen molar-refractivity contribution in [2.75, 3.05) is 24.9 Å². The lowest BCUT2D eigenvalue weighted by molar-refractivity contribution is 0.396. The highest BCUT2D eigenvalue weighted by Gasteiger charge is 2.23. The molecular weight excluding hydrogens is 801 g/mol. The van der Waals surface area contributed by atoms with Crippen LogP contribution in [0, 0.1) is 40.9 Å². The second-order valence-electron chi connectivity index (χ2n) is 11.8. The van der Waals surface area contributed by atoms with Crippen LogP contribution in [-0.2, 0) is 28.6 Å². The summed E-state index contributed by atoms with van der Waals surface area (Å²) in [5.41, 5.74) is 3.14. The molecule has 0 aliphatic heterocycles. The molecule has 0 radical (unpaired) electrons. The number of azo groups is 2. The monoisotopic (exact) mass is 828 g/mol. The van der Waals surface area contributed by atoms with Crippen molar-refractivity contribution in [2.24, 2.45) is 20.5 Å². The van der Waals surface area contributed by atoms with Gasteiger partial charge in [-0.1, -0.05) is 53.8 Å². The van der Waals surface area contributed by atoms with Crippen LogP contribution in [-0.4, -0.2) is 36.0 Å². The van der Waals surface area contributed by atoms with Crippen LogP contribution in [0.25, 0.3) is 11.1 Å². The average molecular weight is 829 g/mol. The molecule has 6 aromatic rings. The smallest absolute Gasteiger partial charge is 0.296 e. The summed E-state index contributed by atoms with van der Waals surface area (Å²) in [6, 6.07) is 33.4. The zero-order valence-corrected chi connectivity index (χ0v) is 33.0. The number of hydrogen-bond acceptors (Lipinski definition) is 17. The summed E-state index contributed by atoms with van der Waals surface area (Å²) in [4.78, 5) is 4.49. The summed E-state index contributed by atoms with van der Waals surface area (Å²) in [7, 11) is -5.84. The number of nitrogens with one attached hydrogen (secondary N) is 2. The van der Waals surface area contributed by atoms with Gasteiger partial charge in [-0.25, -0.2) is 4.98 Å². The Hall–Kier alpha value is -7.18. The fourth-order valence-electron chi connectivity index (χ4n) is 5.38. The molecule has 0 atom stereocenters. The Morgan fingerprint density at radius 3 is 1.71 bits per heavy atom. The summed E-state index contributed by atoms with van der Waals surface area (Å²) in [6.07, 6.45) is 0. The van der Waals surface area contributed by atoms with E-state index >= 15 is 0 Å². The molecule has 0 saturated carbocycles. The van der Waals surface area contributed by atoms with Crippen LogP contribution in [0.2, 0.25) is 0 Å². The molecule has 0 aliphatic carbocycles. The van der Waals surface area contributed by atoms with E-state index in [1.54, 1.807) is 55.5 Å². The van der Waals surface area contributed by atoms with Crippen molar-refractivity contribution in [1.29, 1.82) is 15.8 Å². The number of anilines is 4. The topological polar surface area (TPSA) is 245 Å². The molecule has 288 valence electrons. The Kier molecular flexibility index (Phi) is 12.1. The molecule has 0 spiro atoms. The van der Waals surface area contributed by atoms with Gasteiger partial charge in [0.25, 0.3) is 20.2 Å². The lowest BCUT2D eigenvalue weighted by Crippen LogP contribution is -2.05. The largest absolute Gasteiger partial charge is 0.339 e. The van der Waals surface area contributed by atoms with Gasteiger partial charge in [0.2, 0.25) is 0 Å². The van der Waals surface area contributed by atoms with Gasteiger partial charge in [-0.2, -0.15) is 32.6 Å². The molecular formula is C39H28N10O6S3. The summed E-state index contributed by atoms with van der Waals surface area (Å²) in [6.45, 7) is 1.62. The van der Waals surface area contributed by atoms with Gasteiger partial charge in [0.05, 0.1) is 35.1 Å². The molecule has 4 aromatic carbocycles. The van der Waals surface area contributed by atoms with Gasteiger partial charge >= 0.3 is 0 Å². The van der Waals surface area contributed by atoms with Crippen LogP contribution in [0.4, 0.5) is 44.4 Å². The number of aromatic nitrogens is 1. The maximum atomic E-state index is 12.3. The molecule has 2 N–H and O–H groups in total. The van der Waals surface area contributed by atoms with E-state index in [4.69, 9.17) is 0 Å². The maximum Gasteiger partial charge on any atom is 0.296 e. The lowest BCUT2D eigenvalue weighted by Gasteiger charge is -2.16. The average Bonchev–Trinajstić information content (AvgIpc) is 3.60. The lowest BCUT2D eigenvalue weighted by atomic mass is 10.0. The van der Waals surface area contributed by atoms with Crippen molar-refractivity contribution in [3.05, 3.63) is 125 Å². The first-order valence-electron chi connectivity index (χ1n) is 16.7. The number of benzene rings is 4. The Morgan fingerprint density at radius 1 is 0.621 bits per heavy atom. The van der Waals surface area contributed by atoms with Gasteiger partial charge in [-0.3, -0.25) is 8.37 Å². The van der Waals surface area contributed by atoms with Crippen molar-refractivity contribution >= 4 is 76.0 Å². The van der Waals surface area contributed by atoms with Crippen molar-refractivity contribution in [3.8, 4) is 29.3 Å².